The minimum absolute atomic E-state index is 0.0667. The number of nitrogens with one attached hydrogen (secondary N) is 1. The molecule has 18 heavy (non-hydrogen) atoms. The Kier molecular flexibility index (Phi) is 3.99. The van der Waals surface area contributed by atoms with Crippen LogP contribution >= 0.6 is 0 Å². The van der Waals surface area contributed by atoms with E-state index in [1.807, 2.05) is 0 Å². The number of rotatable bonds is 4. The molecule has 1 aliphatic heterocycles. The number of aromatic carboxylic acids is 1. The van der Waals surface area contributed by atoms with E-state index in [-0.39, 0.29) is 17.4 Å². The van der Waals surface area contributed by atoms with Crippen molar-refractivity contribution in [2.24, 2.45) is 0 Å². The van der Waals surface area contributed by atoms with Crippen LogP contribution in [0, 0.1) is 0 Å². The molecule has 6 nitrogen and oxygen atoms in total. The highest BCUT2D eigenvalue weighted by Gasteiger charge is 2.16. The molecule has 1 unspecified atom stereocenters. The van der Waals surface area contributed by atoms with Crippen LogP contribution in [-0.2, 0) is 4.74 Å². The second kappa shape index (κ2) is 5.68. The van der Waals surface area contributed by atoms with Crippen LogP contribution in [0.1, 0.15) is 29.6 Å². The zero-order valence-electron chi connectivity index (χ0n) is 10.1. The predicted molar refractivity (Wildman–Crippen MR) is 67.7 cm³/mol. The van der Waals surface area contributed by atoms with E-state index in [0.29, 0.717) is 12.4 Å². The molecule has 2 rings (SSSR count). The van der Waals surface area contributed by atoms with Gasteiger partial charge in [0.15, 0.2) is 0 Å². The predicted octanol–water partition coefficient (Wildman–Crippen LogP) is 1.34. The first-order valence-electron chi connectivity index (χ1n) is 6.01. The standard InChI is InChI=1S/C12H17N3O3/c13-10-9(12(16)17)4-5-14-11(10)15-7-8-3-1-2-6-18-8/h4-5,8H,1-3,6-7,13H2,(H,14,15)(H,16,17). The second-order valence-corrected chi connectivity index (χ2v) is 4.30. The van der Waals surface area contributed by atoms with Gasteiger partial charge in [0.25, 0.3) is 0 Å². The fourth-order valence-electron chi connectivity index (χ4n) is 1.98. The Balaban J connectivity index is 2.00. The molecular formula is C12H17N3O3. The molecule has 0 bridgehead atoms. The number of anilines is 2. The average Bonchev–Trinajstić information content (AvgIpc) is 2.38. The van der Waals surface area contributed by atoms with Crippen molar-refractivity contribution < 1.29 is 14.6 Å². The van der Waals surface area contributed by atoms with Gasteiger partial charge in [0.2, 0.25) is 0 Å². The molecule has 0 aliphatic carbocycles. The van der Waals surface area contributed by atoms with E-state index in [9.17, 15) is 4.79 Å². The van der Waals surface area contributed by atoms with Crippen molar-refractivity contribution in [2.45, 2.75) is 25.4 Å². The van der Waals surface area contributed by atoms with Crippen molar-refractivity contribution in [1.29, 1.82) is 0 Å². The van der Waals surface area contributed by atoms with Crippen molar-refractivity contribution >= 4 is 17.5 Å². The third-order valence-electron chi connectivity index (χ3n) is 2.99. The number of nitrogens with two attached hydrogens (primary N) is 1. The molecule has 0 aromatic carbocycles. The van der Waals surface area contributed by atoms with E-state index < -0.39 is 5.97 Å². The lowest BCUT2D eigenvalue weighted by atomic mass is 10.1. The summed E-state index contributed by atoms with van der Waals surface area (Å²) in [5, 5.41) is 12.0. The Hall–Kier alpha value is -1.82. The van der Waals surface area contributed by atoms with E-state index in [1.165, 1.54) is 12.3 Å². The summed E-state index contributed by atoms with van der Waals surface area (Å²) < 4.78 is 5.57. The maximum absolute atomic E-state index is 10.9. The fourth-order valence-corrected chi connectivity index (χ4v) is 1.98. The number of hydrogen-bond acceptors (Lipinski definition) is 5. The summed E-state index contributed by atoms with van der Waals surface area (Å²) in [5.74, 6) is -0.643. The zero-order valence-corrected chi connectivity index (χ0v) is 10.1. The van der Waals surface area contributed by atoms with Gasteiger partial charge in [0.1, 0.15) is 5.82 Å². The van der Waals surface area contributed by atoms with Crippen LogP contribution < -0.4 is 11.1 Å². The average molecular weight is 251 g/mol. The highest BCUT2D eigenvalue weighted by molar-refractivity contribution is 5.96. The van der Waals surface area contributed by atoms with E-state index in [1.54, 1.807) is 0 Å². The number of carboxylic acid groups (broad SMARTS) is 1. The van der Waals surface area contributed by atoms with Gasteiger partial charge in [-0.05, 0) is 25.3 Å². The number of nitrogen functional groups attached to an aromatic ring is 1. The summed E-state index contributed by atoms with van der Waals surface area (Å²) in [6.07, 6.45) is 4.85. The third kappa shape index (κ3) is 2.89. The van der Waals surface area contributed by atoms with Gasteiger partial charge in [-0.2, -0.15) is 0 Å². The van der Waals surface area contributed by atoms with Gasteiger partial charge in [-0.1, -0.05) is 0 Å². The number of ether oxygens (including phenoxy) is 1. The molecule has 98 valence electrons. The van der Waals surface area contributed by atoms with Crippen LogP contribution in [0.2, 0.25) is 0 Å². The van der Waals surface area contributed by atoms with Crippen LogP contribution in [0.4, 0.5) is 11.5 Å². The van der Waals surface area contributed by atoms with E-state index >= 15 is 0 Å². The summed E-state index contributed by atoms with van der Waals surface area (Å²) in [6, 6.07) is 1.39. The number of carboxylic acids is 1. The fraction of sp³-hybridized carbons (Fsp3) is 0.500. The van der Waals surface area contributed by atoms with Crippen LogP contribution in [0.15, 0.2) is 12.3 Å². The largest absolute Gasteiger partial charge is 0.478 e. The Morgan fingerprint density at radius 2 is 2.44 bits per heavy atom. The Labute approximate surface area is 105 Å². The maximum Gasteiger partial charge on any atom is 0.337 e. The molecule has 1 aromatic heterocycles. The quantitative estimate of drug-likeness (QED) is 0.747. The van der Waals surface area contributed by atoms with Crippen molar-refractivity contribution in [3.05, 3.63) is 17.8 Å². The Morgan fingerprint density at radius 1 is 1.61 bits per heavy atom. The van der Waals surface area contributed by atoms with E-state index in [0.717, 1.165) is 25.9 Å². The van der Waals surface area contributed by atoms with Crippen LogP contribution in [0.25, 0.3) is 0 Å². The molecule has 1 aliphatic rings. The molecule has 0 amide bonds. The molecule has 0 radical (unpaired) electrons. The smallest absolute Gasteiger partial charge is 0.337 e. The molecule has 0 spiro atoms. The monoisotopic (exact) mass is 251 g/mol. The maximum atomic E-state index is 10.9. The van der Waals surface area contributed by atoms with Crippen LogP contribution in [0.5, 0.6) is 0 Å². The molecule has 1 saturated heterocycles. The summed E-state index contributed by atoms with van der Waals surface area (Å²) >= 11 is 0. The van der Waals surface area contributed by atoms with Crippen molar-refractivity contribution in [1.82, 2.24) is 4.98 Å². The highest BCUT2D eigenvalue weighted by atomic mass is 16.5. The summed E-state index contributed by atoms with van der Waals surface area (Å²) in [7, 11) is 0. The van der Waals surface area contributed by atoms with Crippen molar-refractivity contribution in [2.75, 3.05) is 24.2 Å². The number of hydrogen-bond donors (Lipinski definition) is 3. The highest BCUT2D eigenvalue weighted by Crippen LogP contribution is 2.21. The lowest BCUT2D eigenvalue weighted by Gasteiger charge is -2.23. The Morgan fingerprint density at radius 3 is 3.11 bits per heavy atom. The molecule has 1 fully saturated rings. The summed E-state index contributed by atoms with van der Waals surface area (Å²) in [4.78, 5) is 15.0. The normalized spacial score (nSPS) is 19.4. The zero-order chi connectivity index (χ0) is 13.0. The SMILES string of the molecule is Nc1c(C(=O)O)ccnc1NCC1CCCCO1. The van der Waals surface area contributed by atoms with Gasteiger partial charge < -0.3 is 20.9 Å². The van der Waals surface area contributed by atoms with Crippen LogP contribution in [-0.4, -0.2) is 35.3 Å². The second-order valence-electron chi connectivity index (χ2n) is 4.30. The third-order valence-corrected chi connectivity index (χ3v) is 2.99. The number of pyridine rings is 1. The minimum Gasteiger partial charge on any atom is -0.478 e. The number of aromatic nitrogens is 1. The number of nitrogens with zero attached hydrogens (tertiary/aromatic N) is 1. The molecule has 1 aromatic rings. The molecular weight excluding hydrogens is 234 g/mol. The summed E-state index contributed by atoms with van der Waals surface area (Å²) in [5.41, 5.74) is 5.99. The van der Waals surface area contributed by atoms with Gasteiger partial charge in [0, 0.05) is 19.3 Å². The molecule has 6 heteroatoms. The molecule has 4 N–H and O–H groups in total. The Bertz CT molecular complexity index is 431. The van der Waals surface area contributed by atoms with Gasteiger partial charge in [-0.25, -0.2) is 9.78 Å². The van der Waals surface area contributed by atoms with Gasteiger partial charge in [-0.15, -0.1) is 0 Å². The summed E-state index contributed by atoms with van der Waals surface area (Å²) in [6.45, 7) is 1.38. The first-order valence-corrected chi connectivity index (χ1v) is 6.01. The van der Waals surface area contributed by atoms with E-state index in [4.69, 9.17) is 15.6 Å². The van der Waals surface area contributed by atoms with Crippen LogP contribution in [0.3, 0.4) is 0 Å². The molecule has 1 atom stereocenters. The van der Waals surface area contributed by atoms with E-state index in [2.05, 4.69) is 10.3 Å². The van der Waals surface area contributed by atoms with Crippen molar-refractivity contribution in [3.63, 3.8) is 0 Å². The van der Waals surface area contributed by atoms with Gasteiger partial charge in [-0.3, -0.25) is 0 Å². The van der Waals surface area contributed by atoms with Gasteiger partial charge >= 0.3 is 5.97 Å². The topological polar surface area (TPSA) is 97.5 Å². The first kappa shape index (κ1) is 12.6. The van der Waals surface area contributed by atoms with Crippen molar-refractivity contribution in [3.8, 4) is 0 Å². The lowest BCUT2D eigenvalue weighted by molar-refractivity contribution is 0.0247. The first-order chi connectivity index (χ1) is 8.68. The number of carbonyl (C=O) groups is 1. The van der Waals surface area contributed by atoms with Gasteiger partial charge in [0.05, 0.1) is 17.4 Å². The molecule has 2 heterocycles. The minimum atomic E-state index is -1.05. The lowest BCUT2D eigenvalue weighted by Crippen LogP contribution is -2.27. The molecule has 0 saturated carbocycles.